The van der Waals surface area contributed by atoms with E-state index < -0.39 is 116 Å². The molecule has 3 saturated heterocycles. The van der Waals surface area contributed by atoms with Crippen molar-refractivity contribution in [2.75, 3.05) is 6.61 Å². The van der Waals surface area contributed by atoms with Crippen molar-refractivity contribution < 1.29 is 77.1 Å². The highest BCUT2D eigenvalue weighted by molar-refractivity contribution is 5.67. The number of aliphatic hydroxyl groups excluding tert-OH is 3. The normalized spacial score (nSPS) is 36.5. The SMILES string of the molecule is CCCCCCCCCCCCOC1OC(C)C(OC2OC(C)C(OC(C)=O)C(CC3OC(C)C(OC(C)=O)C(O)C3OC(C)=O)C2OC(C)=O)C(O)C1O. The number of ether oxygens (including phenoxy) is 9. The molecule has 16 nitrogen and oxygen atoms in total. The molecule has 0 aliphatic carbocycles. The van der Waals surface area contributed by atoms with Gasteiger partial charge in [-0.2, -0.15) is 0 Å². The first-order valence-electron chi connectivity index (χ1n) is 20.0. The Balaban J connectivity index is 1.74. The molecule has 15 unspecified atom stereocenters. The lowest BCUT2D eigenvalue weighted by atomic mass is 9.81. The van der Waals surface area contributed by atoms with Crippen molar-refractivity contribution in [2.24, 2.45) is 5.92 Å². The molecule has 0 saturated carbocycles. The second kappa shape index (κ2) is 23.1. The van der Waals surface area contributed by atoms with Crippen LogP contribution in [0.25, 0.3) is 0 Å². The van der Waals surface area contributed by atoms with Crippen LogP contribution in [-0.4, -0.2) is 132 Å². The smallest absolute Gasteiger partial charge is 0.303 e. The summed E-state index contributed by atoms with van der Waals surface area (Å²) < 4.78 is 52.6. The summed E-state index contributed by atoms with van der Waals surface area (Å²) in [5.74, 6) is -3.77. The van der Waals surface area contributed by atoms with Gasteiger partial charge in [0.2, 0.25) is 0 Å². The Morgan fingerprint density at radius 3 is 1.53 bits per heavy atom. The number of unbranched alkanes of at least 4 members (excludes halogenated alkanes) is 9. The molecule has 3 rings (SSSR count). The molecule has 0 bridgehead atoms. The van der Waals surface area contributed by atoms with E-state index in [2.05, 4.69) is 6.92 Å². The van der Waals surface area contributed by atoms with Crippen LogP contribution in [0.4, 0.5) is 0 Å². The maximum atomic E-state index is 12.6. The number of carbonyl (C=O) groups is 4. The summed E-state index contributed by atoms with van der Waals surface area (Å²) in [4.78, 5) is 48.9. The average Bonchev–Trinajstić information content (AvgIpc) is 3.10. The third kappa shape index (κ3) is 14.2. The van der Waals surface area contributed by atoms with E-state index in [1.807, 2.05) is 0 Å². The van der Waals surface area contributed by atoms with Crippen molar-refractivity contribution in [1.82, 2.24) is 0 Å². The lowest BCUT2D eigenvalue weighted by molar-refractivity contribution is -0.351. The Morgan fingerprint density at radius 2 is 0.964 bits per heavy atom. The minimum Gasteiger partial charge on any atom is -0.459 e. The number of hydrogen-bond donors (Lipinski definition) is 3. The van der Waals surface area contributed by atoms with E-state index in [4.69, 9.17) is 42.6 Å². The van der Waals surface area contributed by atoms with Crippen LogP contribution >= 0.6 is 0 Å². The Hall–Kier alpha value is -2.44. The van der Waals surface area contributed by atoms with Crippen molar-refractivity contribution in [2.45, 2.75) is 212 Å². The van der Waals surface area contributed by atoms with Gasteiger partial charge in [0.05, 0.1) is 24.4 Å². The van der Waals surface area contributed by atoms with Crippen LogP contribution in [0.2, 0.25) is 0 Å². The van der Waals surface area contributed by atoms with Gasteiger partial charge in [0.25, 0.3) is 0 Å². The maximum Gasteiger partial charge on any atom is 0.303 e. The molecule has 0 amide bonds. The molecule has 16 heteroatoms. The molecule has 15 atom stereocenters. The molecule has 0 spiro atoms. The monoisotopic (exact) mass is 790 g/mol. The summed E-state index contributed by atoms with van der Waals surface area (Å²) in [7, 11) is 0. The van der Waals surface area contributed by atoms with E-state index in [1.165, 1.54) is 65.7 Å². The fourth-order valence-electron chi connectivity index (χ4n) is 7.73. The standard InChI is InChI=1S/C39H66O16/c1-9-10-11-12-13-14-15-16-17-18-19-47-38-31(45)30(44)34(23(4)49-38)55-39-36(53-26(7)42)28(33(21(2)50-39)51-24(5)40)20-29-37(54-27(8)43)32(46)35(22(3)48-29)52-25(6)41/h21-23,28-39,44-46H,9-20H2,1-8H3. The Bertz CT molecular complexity index is 1200. The minimum atomic E-state index is -1.50. The van der Waals surface area contributed by atoms with Crippen LogP contribution in [0, 0.1) is 5.92 Å². The molecule has 0 radical (unpaired) electrons. The van der Waals surface area contributed by atoms with Crippen LogP contribution in [0.15, 0.2) is 0 Å². The molecule has 55 heavy (non-hydrogen) atoms. The first kappa shape index (κ1) is 46.9. The maximum absolute atomic E-state index is 12.6. The molecular weight excluding hydrogens is 724 g/mol. The van der Waals surface area contributed by atoms with Gasteiger partial charge in [0.15, 0.2) is 30.9 Å². The van der Waals surface area contributed by atoms with Crippen molar-refractivity contribution in [3.05, 3.63) is 0 Å². The van der Waals surface area contributed by atoms with Gasteiger partial charge >= 0.3 is 23.9 Å². The summed E-state index contributed by atoms with van der Waals surface area (Å²) in [6, 6.07) is 0. The number of carbonyl (C=O) groups excluding carboxylic acids is 4. The lowest BCUT2D eigenvalue weighted by Crippen LogP contribution is -2.64. The van der Waals surface area contributed by atoms with E-state index >= 15 is 0 Å². The van der Waals surface area contributed by atoms with E-state index in [0.29, 0.717) is 6.61 Å². The van der Waals surface area contributed by atoms with Crippen LogP contribution in [0.5, 0.6) is 0 Å². The number of esters is 4. The summed E-state index contributed by atoms with van der Waals surface area (Å²) in [5, 5.41) is 33.6. The van der Waals surface area contributed by atoms with Gasteiger partial charge in [0, 0.05) is 40.2 Å². The zero-order chi connectivity index (χ0) is 40.8. The van der Waals surface area contributed by atoms with Crippen molar-refractivity contribution in [3.8, 4) is 0 Å². The quantitative estimate of drug-likeness (QED) is 0.0916. The molecular formula is C39H66O16. The third-order valence-electron chi connectivity index (χ3n) is 10.4. The van der Waals surface area contributed by atoms with Gasteiger partial charge < -0.3 is 58.0 Å². The van der Waals surface area contributed by atoms with E-state index in [9.17, 15) is 34.5 Å². The molecule has 318 valence electrons. The molecule has 3 fully saturated rings. The van der Waals surface area contributed by atoms with Crippen molar-refractivity contribution in [3.63, 3.8) is 0 Å². The summed E-state index contributed by atoms with van der Waals surface area (Å²) >= 11 is 0. The molecule has 3 aliphatic heterocycles. The third-order valence-corrected chi connectivity index (χ3v) is 10.4. The fraction of sp³-hybridized carbons (Fsp3) is 0.897. The summed E-state index contributed by atoms with van der Waals surface area (Å²) in [6.45, 7) is 12.1. The first-order valence-corrected chi connectivity index (χ1v) is 20.0. The summed E-state index contributed by atoms with van der Waals surface area (Å²) in [5.41, 5.74) is 0. The average molecular weight is 791 g/mol. The number of rotatable bonds is 20. The highest BCUT2D eigenvalue weighted by Gasteiger charge is 2.55. The van der Waals surface area contributed by atoms with Gasteiger partial charge in [-0.05, 0) is 33.6 Å². The van der Waals surface area contributed by atoms with Gasteiger partial charge in [-0.15, -0.1) is 0 Å². The number of aliphatic hydroxyl groups is 3. The molecule has 3 aliphatic rings. The van der Waals surface area contributed by atoms with E-state index in [1.54, 1.807) is 20.8 Å². The van der Waals surface area contributed by atoms with Crippen LogP contribution in [0.3, 0.4) is 0 Å². The highest BCUT2D eigenvalue weighted by atomic mass is 16.7. The largest absolute Gasteiger partial charge is 0.459 e. The van der Waals surface area contributed by atoms with Crippen LogP contribution in [-0.2, 0) is 61.8 Å². The minimum absolute atomic E-state index is 0.133. The van der Waals surface area contributed by atoms with Crippen LogP contribution in [0.1, 0.15) is 126 Å². The zero-order valence-corrected chi connectivity index (χ0v) is 33.8. The van der Waals surface area contributed by atoms with Gasteiger partial charge in [-0.25, -0.2) is 0 Å². The molecule has 0 aromatic heterocycles. The highest BCUT2D eigenvalue weighted by Crippen LogP contribution is 2.40. The van der Waals surface area contributed by atoms with Crippen LogP contribution < -0.4 is 0 Å². The van der Waals surface area contributed by atoms with E-state index in [0.717, 1.165) is 26.2 Å². The Kier molecular flexibility index (Phi) is 19.7. The van der Waals surface area contributed by atoms with Crippen molar-refractivity contribution in [1.29, 1.82) is 0 Å². The molecule has 0 aromatic rings. The van der Waals surface area contributed by atoms with E-state index in [-0.39, 0.29) is 6.42 Å². The number of hydrogen-bond acceptors (Lipinski definition) is 16. The predicted molar refractivity (Wildman–Crippen MR) is 194 cm³/mol. The van der Waals surface area contributed by atoms with Crippen molar-refractivity contribution >= 4 is 23.9 Å². The predicted octanol–water partition coefficient (Wildman–Crippen LogP) is 3.40. The molecule has 3 N–H and O–H groups in total. The second-order valence-electron chi connectivity index (χ2n) is 15.1. The Labute approximate surface area is 325 Å². The first-order chi connectivity index (χ1) is 26.0. The molecule has 0 aromatic carbocycles. The van der Waals surface area contributed by atoms with Gasteiger partial charge in [-0.3, -0.25) is 19.2 Å². The molecule has 3 heterocycles. The van der Waals surface area contributed by atoms with Gasteiger partial charge in [-0.1, -0.05) is 64.7 Å². The second-order valence-corrected chi connectivity index (χ2v) is 15.1. The topological polar surface area (TPSA) is 212 Å². The summed E-state index contributed by atoms with van der Waals surface area (Å²) in [6.07, 6.45) is -5.19. The Morgan fingerprint density at radius 1 is 0.509 bits per heavy atom. The zero-order valence-electron chi connectivity index (χ0n) is 33.8. The van der Waals surface area contributed by atoms with Gasteiger partial charge in [0.1, 0.15) is 30.5 Å². The lowest BCUT2D eigenvalue weighted by Gasteiger charge is -2.49. The fourth-order valence-corrected chi connectivity index (χ4v) is 7.73.